The Morgan fingerprint density at radius 3 is 2.71 bits per heavy atom. The molecular formula is C14H27NO2. The van der Waals surface area contributed by atoms with Gasteiger partial charge in [-0.3, -0.25) is 4.79 Å². The molecule has 0 spiro atoms. The van der Waals surface area contributed by atoms with Crippen molar-refractivity contribution in [2.45, 2.75) is 64.8 Å². The fraction of sp³-hybridized carbons (Fsp3) is 0.929. The molecule has 2 atom stereocenters. The molecule has 0 aliphatic heterocycles. The van der Waals surface area contributed by atoms with Crippen molar-refractivity contribution in [2.24, 2.45) is 11.8 Å². The first-order valence-electron chi connectivity index (χ1n) is 6.97. The summed E-state index contributed by atoms with van der Waals surface area (Å²) < 4.78 is 0. The lowest BCUT2D eigenvalue weighted by Crippen LogP contribution is -2.58. The Balaban J connectivity index is 2.50. The van der Waals surface area contributed by atoms with Crippen LogP contribution in [0.15, 0.2) is 0 Å². The molecule has 0 amide bonds. The first-order chi connectivity index (χ1) is 7.99. The molecule has 0 aromatic heterocycles. The van der Waals surface area contributed by atoms with E-state index in [1.165, 1.54) is 6.42 Å². The third-order valence-corrected chi connectivity index (χ3v) is 4.08. The van der Waals surface area contributed by atoms with Gasteiger partial charge in [0.1, 0.15) is 5.54 Å². The molecule has 1 aliphatic rings. The van der Waals surface area contributed by atoms with Gasteiger partial charge < -0.3 is 10.4 Å². The first kappa shape index (κ1) is 14.5. The molecule has 1 aliphatic carbocycles. The van der Waals surface area contributed by atoms with Crippen LogP contribution < -0.4 is 5.32 Å². The number of hydrogen-bond donors (Lipinski definition) is 2. The Morgan fingerprint density at radius 1 is 1.47 bits per heavy atom. The molecule has 0 heterocycles. The van der Waals surface area contributed by atoms with E-state index in [4.69, 9.17) is 0 Å². The monoisotopic (exact) mass is 241 g/mol. The molecule has 0 aromatic carbocycles. The van der Waals surface area contributed by atoms with Crippen LogP contribution >= 0.6 is 0 Å². The van der Waals surface area contributed by atoms with Crippen LogP contribution in [0, 0.1) is 11.8 Å². The van der Waals surface area contributed by atoms with Gasteiger partial charge in [0.2, 0.25) is 0 Å². The van der Waals surface area contributed by atoms with Gasteiger partial charge in [0.25, 0.3) is 0 Å². The summed E-state index contributed by atoms with van der Waals surface area (Å²) in [4.78, 5) is 11.6. The van der Waals surface area contributed by atoms with Crippen LogP contribution in [0.4, 0.5) is 0 Å². The van der Waals surface area contributed by atoms with Crippen molar-refractivity contribution in [3.63, 3.8) is 0 Å². The minimum absolute atomic E-state index is 0.243. The van der Waals surface area contributed by atoms with Gasteiger partial charge >= 0.3 is 5.97 Å². The minimum Gasteiger partial charge on any atom is -0.480 e. The van der Waals surface area contributed by atoms with Gasteiger partial charge in [0.05, 0.1) is 0 Å². The third-order valence-electron chi connectivity index (χ3n) is 4.08. The van der Waals surface area contributed by atoms with Crippen LogP contribution in [0.1, 0.15) is 59.3 Å². The molecule has 0 radical (unpaired) electrons. The zero-order valence-corrected chi connectivity index (χ0v) is 11.5. The fourth-order valence-electron chi connectivity index (χ4n) is 2.82. The van der Waals surface area contributed by atoms with E-state index in [0.29, 0.717) is 5.92 Å². The minimum atomic E-state index is -0.658. The SMILES string of the molecule is CC(C)CCCNC1(C(=O)O)CCCCC1C. The Hall–Kier alpha value is -0.570. The van der Waals surface area contributed by atoms with Crippen LogP contribution in [0.5, 0.6) is 0 Å². The quantitative estimate of drug-likeness (QED) is 0.703. The van der Waals surface area contributed by atoms with Gasteiger partial charge in [-0.25, -0.2) is 0 Å². The van der Waals surface area contributed by atoms with Crippen LogP contribution in [0.25, 0.3) is 0 Å². The lowest BCUT2D eigenvalue weighted by Gasteiger charge is -2.40. The van der Waals surface area contributed by atoms with Gasteiger partial charge in [-0.1, -0.05) is 33.6 Å². The molecule has 17 heavy (non-hydrogen) atoms. The zero-order valence-electron chi connectivity index (χ0n) is 11.5. The number of carbonyl (C=O) groups is 1. The summed E-state index contributed by atoms with van der Waals surface area (Å²) >= 11 is 0. The summed E-state index contributed by atoms with van der Waals surface area (Å²) in [5.74, 6) is 0.281. The number of aliphatic carboxylic acids is 1. The van der Waals surface area contributed by atoms with Gasteiger partial charge in [-0.2, -0.15) is 0 Å². The van der Waals surface area contributed by atoms with Crippen LogP contribution in [0.3, 0.4) is 0 Å². The van der Waals surface area contributed by atoms with Crippen molar-refractivity contribution < 1.29 is 9.90 Å². The number of carboxylic acids is 1. The number of carboxylic acid groups (broad SMARTS) is 1. The molecule has 0 bridgehead atoms. The average Bonchev–Trinajstić information content (AvgIpc) is 2.26. The highest BCUT2D eigenvalue weighted by atomic mass is 16.4. The van der Waals surface area contributed by atoms with E-state index < -0.39 is 11.5 Å². The van der Waals surface area contributed by atoms with Gasteiger partial charge in [0.15, 0.2) is 0 Å². The average molecular weight is 241 g/mol. The van der Waals surface area contributed by atoms with E-state index in [2.05, 4.69) is 26.1 Å². The van der Waals surface area contributed by atoms with E-state index in [0.717, 1.165) is 38.6 Å². The Morgan fingerprint density at radius 2 is 2.18 bits per heavy atom. The summed E-state index contributed by atoms with van der Waals surface area (Å²) in [6.07, 6.45) is 6.25. The molecular weight excluding hydrogens is 214 g/mol. The van der Waals surface area contributed by atoms with Gasteiger partial charge in [0, 0.05) is 0 Å². The summed E-state index contributed by atoms with van der Waals surface area (Å²) in [5.41, 5.74) is -0.658. The van der Waals surface area contributed by atoms with Crippen molar-refractivity contribution in [3.8, 4) is 0 Å². The highest BCUT2D eigenvalue weighted by Crippen LogP contribution is 2.33. The van der Waals surface area contributed by atoms with Crippen molar-refractivity contribution in [3.05, 3.63) is 0 Å². The second kappa shape index (κ2) is 6.39. The lowest BCUT2D eigenvalue weighted by molar-refractivity contribution is -0.149. The predicted octanol–water partition coefficient (Wildman–Crippen LogP) is 3.05. The zero-order chi connectivity index (χ0) is 12.9. The Kier molecular flexibility index (Phi) is 5.44. The molecule has 1 fully saturated rings. The summed E-state index contributed by atoms with van der Waals surface area (Å²) in [6.45, 7) is 7.31. The highest BCUT2D eigenvalue weighted by molar-refractivity contribution is 5.79. The molecule has 3 heteroatoms. The first-order valence-corrected chi connectivity index (χ1v) is 6.97. The highest BCUT2D eigenvalue weighted by Gasteiger charge is 2.44. The van der Waals surface area contributed by atoms with E-state index in [1.54, 1.807) is 0 Å². The van der Waals surface area contributed by atoms with E-state index >= 15 is 0 Å². The van der Waals surface area contributed by atoms with E-state index in [-0.39, 0.29) is 5.92 Å². The third kappa shape index (κ3) is 3.70. The fourth-order valence-corrected chi connectivity index (χ4v) is 2.82. The van der Waals surface area contributed by atoms with Crippen molar-refractivity contribution in [2.75, 3.05) is 6.54 Å². The molecule has 1 saturated carbocycles. The van der Waals surface area contributed by atoms with E-state index in [1.807, 2.05) is 0 Å². The largest absolute Gasteiger partial charge is 0.480 e. The van der Waals surface area contributed by atoms with Crippen LogP contribution in [-0.2, 0) is 4.79 Å². The van der Waals surface area contributed by atoms with Crippen LogP contribution in [-0.4, -0.2) is 23.2 Å². The molecule has 2 unspecified atom stereocenters. The Labute approximate surface area is 105 Å². The standard InChI is InChI=1S/C14H27NO2/c1-11(2)7-6-10-15-14(13(16)17)9-5-4-8-12(14)3/h11-12,15H,4-10H2,1-3H3,(H,16,17). The van der Waals surface area contributed by atoms with E-state index in [9.17, 15) is 9.90 Å². The normalized spacial score (nSPS) is 29.5. The molecule has 1 rings (SSSR count). The van der Waals surface area contributed by atoms with Crippen molar-refractivity contribution in [1.82, 2.24) is 5.32 Å². The number of rotatable bonds is 6. The second-order valence-electron chi connectivity index (χ2n) is 5.89. The topological polar surface area (TPSA) is 49.3 Å². The molecule has 0 aromatic rings. The lowest BCUT2D eigenvalue weighted by atomic mass is 9.73. The maximum atomic E-state index is 11.6. The smallest absolute Gasteiger partial charge is 0.324 e. The number of nitrogens with one attached hydrogen (secondary N) is 1. The molecule has 0 saturated heterocycles. The number of hydrogen-bond acceptors (Lipinski definition) is 2. The summed E-state index contributed by atoms with van der Waals surface area (Å²) in [6, 6.07) is 0. The summed E-state index contributed by atoms with van der Waals surface area (Å²) in [5, 5.41) is 12.8. The maximum absolute atomic E-state index is 11.6. The summed E-state index contributed by atoms with van der Waals surface area (Å²) in [7, 11) is 0. The Bertz CT molecular complexity index is 253. The van der Waals surface area contributed by atoms with Crippen LogP contribution in [0.2, 0.25) is 0 Å². The molecule has 2 N–H and O–H groups in total. The second-order valence-corrected chi connectivity index (χ2v) is 5.89. The van der Waals surface area contributed by atoms with Gasteiger partial charge in [-0.15, -0.1) is 0 Å². The van der Waals surface area contributed by atoms with Gasteiger partial charge in [-0.05, 0) is 44.1 Å². The van der Waals surface area contributed by atoms with Crippen molar-refractivity contribution >= 4 is 5.97 Å². The molecule has 100 valence electrons. The van der Waals surface area contributed by atoms with Crippen molar-refractivity contribution in [1.29, 1.82) is 0 Å². The molecule has 3 nitrogen and oxygen atoms in total. The maximum Gasteiger partial charge on any atom is 0.324 e. The predicted molar refractivity (Wildman–Crippen MR) is 70.1 cm³/mol.